The van der Waals surface area contributed by atoms with E-state index in [9.17, 15) is 25.0 Å². The fraction of sp³-hybridized carbons (Fsp3) is 0.654. The quantitative estimate of drug-likeness (QED) is 0.125. The molecule has 1 heterocycles. The number of nitro groups is 2. The summed E-state index contributed by atoms with van der Waals surface area (Å²) in [6.45, 7) is 2.25. The largest absolute Gasteiger partial charge is 0.301 e. The van der Waals surface area contributed by atoms with Crippen molar-refractivity contribution in [1.82, 2.24) is 9.78 Å². The highest BCUT2D eigenvalue weighted by atomic mass is 16.6. The third kappa shape index (κ3) is 10.0. The molecule has 1 aromatic heterocycles. The van der Waals surface area contributed by atoms with Crippen LogP contribution in [0.25, 0.3) is 5.69 Å². The molecule has 2 aromatic rings. The molecule has 194 valence electrons. The lowest BCUT2D eigenvalue weighted by Gasteiger charge is -2.04. The summed E-state index contributed by atoms with van der Waals surface area (Å²) in [5.41, 5.74) is -0.594. The number of nitrogens with zero attached hydrogens (tertiary/aromatic N) is 3. The van der Waals surface area contributed by atoms with Crippen molar-refractivity contribution in [1.29, 1.82) is 0 Å². The standard InChI is InChI=1S/C26H40N4O5/c1-2-3-4-5-6-7-8-9-10-11-12-13-14-15-16-17-22-20-26(31)28(27-22)24-19-18-23(29(32)33)21-25(24)30(34)35/h18-21,27H,2-17H2,1H3. The van der Waals surface area contributed by atoms with E-state index >= 15 is 0 Å². The van der Waals surface area contributed by atoms with Crippen molar-refractivity contribution in [3.05, 3.63) is 60.5 Å². The summed E-state index contributed by atoms with van der Waals surface area (Å²) in [5, 5.41) is 25.2. The van der Waals surface area contributed by atoms with Gasteiger partial charge in [0.25, 0.3) is 11.2 Å². The molecule has 0 bridgehead atoms. The van der Waals surface area contributed by atoms with E-state index in [0.717, 1.165) is 36.1 Å². The highest BCUT2D eigenvalue weighted by Gasteiger charge is 2.22. The van der Waals surface area contributed by atoms with Crippen LogP contribution in [-0.4, -0.2) is 19.6 Å². The molecule has 1 N–H and O–H groups in total. The maximum Gasteiger partial charge on any atom is 0.301 e. The van der Waals surface area contributed by atoms with Gasteiger partial charge in [-0.05, 0) is 18.9 Å². The van der Waals surface area contributed by atoms with Crippen LogP contribution in [0.1, 0.15) is 109 Å². The van der Waals surface area contributed by atoms with Crippen molar-refractivity contribution >= 4 is 11.4 Å². The van der Waals surface area contributed by atoms with Gasteiger partial charge in [0, 0.05) is 17.8 Å². The van der Waals surface area contributed by atoms with Gasteiger partial charge in [0.2, 0.25) is 0 Å². The van der Waals surface area contributed by atoms with E-state index < -0.39 is 26.8 Å². The minimum absolute atomic E-state index is 0.00616. The molecule has 1 aromatic carbocycles. The SMILES string of the molecule is CCCCCCCCCCCCCCCCCc1cc(=O)n(-c2ccc([N+](=O)[O-])cc2[N+](=O)[O-])[nH]1. The predicted octanol–water partition coefficient (Wildman–Crippen LogP) is 7.40. The molecule has 0 spiro atoms. The van der Waals surface area contributed by atoms with Crippen LogP contribution < -0.4 is 5.56 Å². The van der Waals surface area contributed by atoms with Gasteiger partial charge in [-0.2, -0.15) is 0 Å². The average Bonchev–Trinajstić information content (AvgIpc) is 3.21. The second-order valence-corrected chi connectivity index (χ2v) is 9.34. The number of nitrogens with one attached hydrogen (secondary N) is 1. The van der Waals surface area contributed by atoms with Crippen molar-refractivity contribution < 1.29 is 9.85 Å². The number of non-ortho nitro benzene ring substituents is 1. The van der Waals surface area contributed by atoms with Crippen LogP contribution in [0.15, 0.2) is 29.1 Å². The number of aromatic amines is 1. The summed E-state index contributed by atoms with van der Waals surface area (Å²) in [6, 6.07) is 4.70. The van der Waals surface area contributed by atoms with Gasteiger partial charge in [-0.3, -0.25) is 30.1 Å². The maximum absolute atomic E-state index is 12.4. The number of benzene rings is 1. The predicted molar refractivity (Wildman–Crippen MR) is 138 cm³/mol. The smallest absolute Gasteiger partial charge is 0.295 e. The first-order valence-corrected chi connectivity index (χ1v) is 13.2. The molecule has 2 rings (SSSR count). The summed E-state index contributed by atoms with van der Waals surface area (Å²) in [6.07, 6.45) is 19.9. The van der Waals surface area contributed by atoms with E-state index in [4.69, 9.17) is 0 Å². The Morgan fingerprint density at radius 1 is 0.743 bits per heavy atom. The molecular weight excluding hydrogens is 448 g/mol. The summed E-state index contributed by atoms with van der Waals surface area (Å²) >= 11 is 0. The second kappa shape index (κ2) is 15.8. The number of aromatic nitrogens is 2. The number of H-pyrrole nitrogens is 1. The Morgan fingerprint density at radius 2 is 1.26 bits per heavy atom. The molecule has 0 fully saturated rings. The van der Waals surface area contributed by atoms with Crippen molar-refractivity contribution in [2.24, 2.45) is 0 Å². The van der Waals surface area contributed by atoms with Gasteiger partial charge in [-0.1, -0.05) is 96.8 Å². The highest BCUT2D eigenvalue weighted by Crippen LogP contribution is 2.26. The minimum Gasteiger partial charge on any atom is -0.295 e. The average molecular weight is 489 g/mol. The molecule has 0 unspecified atom stereocenters. The molecule has 0 amide bonds. The van der Waals surface area contributed by atoms with Crippen LogP contribution >= 0.6 is 0 Å². The molecule has 9 nitrogen and oxygen atoms in total. The molecule has 0 aliphatic heterocycles. The zero-order valence-electron chi connectivity index (χ0n) is 21.0. The van der Waals surface area contributed by atoms with Gasteiger partial charge in [0.05, 0.1) is 15.9 Å². The monoisotopic (exact) mass is 488 g/mol. The molecular formula is C26H40N4O5. The third-order valence-corrected chi connectivity index (χ3v) is 6.43. The fourth-order valence-electron chi connectivity index (χ4n) is 4.40. The Morgan fingerprint density at radius 3 is 1.74 bits per heavy atom. The number of hydrogen-bond acceptors (Lipinski definition) is 5. The second-order valence-electron chi connectivity index (χ2n) is 9.34. The van der Waals surface area contributed by atoms with Crippen LogP contribution in [0.4, 0.5) is 11.4 Å². The zero-order valence-corrected chi connectivity index (χ0v) is 21.0. The van der Waals surface area contributed by atoms with Gasteiger partial charge in [-0.15, -0.1) is 0 Å². The molecule has 0 radical (unpaired) electrons. The number of rotatable bonds is 19. The van der Waals surface area contributed by atoms with Gasteiger partial charge in [0.15, 0.2) is 0 Å². The van der Waals surface area contributed by atoms with Crippen molar-refractivity contribution in [2.45, 2.75) is 110 Å². The van der Waals surface area contributed by atoms with Crippen LogP contribution in [0.3, 0.4) is 0 Å². The van der Waals surface area contributed by atoms with Crippen LogP contribution in [0.2, 0.25) is 0 Å². The van der Waals surface area contributed by atoms with Crippen LogP contribution in [-0.2, 0) is 6.42 Å². The fourth-order valence-corrected chi connectivity index (χ4v) is 4.40. The van der Waals surface area contributed by atoms with E-state index in [1.54, 1.807) is 0 Å². The van der Waals surface area contributed by atoms with Gasteiger partial charge in [-0.25, -0.2) is 4.68 Å². The van der Waals surface area contributed by atoms with Crippen molar-refractivity contribution in [3.63, 3.8) is 0 Å². The molecule has 35 heavy (non-hydrogen) atoms. The number of nitro benzene ring substituents is 2. The molecule has 0 saturated carbocycles. The third-order valence-electron chi connectivity index (χ3n) is 6.43. The van der Waals surface area contributed by atoms with E-state index in [-0.39, 0.29) is 5.69 Å². The summed E-state index contributed by atoms with van der Waals surface area (Å²) in [4.78, 5) is 33.2. The Balaban J connectivity index is 1.64. The van der Waals surface area contributed by atoms with Gasteiger partial charge >= 0.3 is 5.69 Å². The van der Waals surface area contributed by atoms with E-state index in [1.807, 2.05) is 0 Å². The lowest BCUT2D eigenvalue weighted by atomic mass is 10.0. The molecule has 0 aliphatic carbocycles. The Bertz CT molecular complexity index is 982. The normalized spacial score (nSPS) is 11.1. The lowest BCUT2D eigenvalue weighted by molar-refractivity contribution is -0.394. The maximum atomic E-state index is 12.4. The van der Waals surface area contributed by atoms with Crippen LogP contribution in [0, 0.1) is 20.2 Å². The Hall–Kier alpha value is -2.97. The highest BCUT2D eigenvalue weighted by molar-refractivity contribution is 5.57. The van der Waals surface area contributed by atoms with Crippen molar-refractivity contribution in [2.75, 3.05) is 0 Å². The minimum atomic E-state index is -0.718. The topological polar surface area (TPSA) is 124 Å². The summed E-state index contributed by atoms with van der Waals surface area (Å²) in [7, 11) is 0. The van der Waals surface area contributed by atoms with Gasteiger partial charge < -0.3 is 0 Å². The lowest BCUT2D eigenvalue weighted by Crippen LogP contribution is -2.15. The summed E-state index contributed by atoms with van der Waals surface area (Å²) < 4.78 is 1.09. The number of hydrogen-bond donors (Lipinski definition) is 1. The molecule has 0 saturated heterocycles. The number of aryl methyl sites for hydroxylation is 1. The van der Waals surface area contributed by atoms with E-state index in [0.29, 0.717) is 12.1 Å². The summed E-state index contributed by atoms with van der Waals surface area (Å²) in [5.74, 6) is 0. The van der Waals surface area contributed by atoms with E-state index in [2.05, 4.69) is 12.0 Å². The number of unbranched alkanes of at least 4 members (excludes halogenated alkanes) is 14. The molecule has 9 heteroatoms. The Labute approximate surface area is 207 Å². The van der Waals surface area contributed by atoms with Crippen LogP contribution in [0.5, 0.6) is 0 Å². The zero-order chi connectivity index (χ0) is 25.5. The first kappa shape index (κ1) is 28.3. The van der Waals surface area contributed by atoms with Gasteiger partial charge in [0.1, 0.15) is 5.69 Å². The molecule has 0 atom stereocenters. The molecule has 0 aliphatic rings. The first-order chi connectivity index (χ1) is 16.9. The first-order valence-electron chi connectivity index (χ1n) is 13.2. The van der Waals surface area contributed by atoms with Crippen molar-refractivity contribution in [3.8, 4) is 5.69 Å². The van der Waals surface area contributed by atoms with E-state index in [1.165, 1.54) is 89.2 Å². The Kier molecular flexibility index (Phi) is 12.8.